The zero-order valence-corrected chi connectivity index (χ0v) is 11.0. The summed E-state index contributed by atoms with van der Waals surface area (Å²) in [6.45, 7) is 1.20. The third kappa shape index (κ3) is 4.73. The van der Waals surface area contributed by atoms with Crippen molar-refractivity contribution < 1.29 is 19.8 Å². The molecule has 1 amide bonds. The van der Waals surface area contributed by atoms with E-state index in [1.165, 1.54) is 12.2 Å². The van der Waals surface area contributed by atoms with Crippen molar-refractivity contribution in [3.8, 4) is 0 Å². The fraction of sp³-hybridized carbons (Fsp3) is 0.231. The summed E-state index contributed by atoms with van der Waals surface area (Å²) in [7, 11) is 0. The molecule has 1 aromatic carbocycles. The maximum atomic E-state index is 11.4. The average molecular weight is 284 g/mol. The van der Waals surface area contributed by atoms with Crippen LogP contribution < -0.4 is 5.32 Å². The molecule has 1 aromatic rings. The monoisotopic (exact) mass is 283 g/mol. The lowest BCUT2D eigenvalue weighted by Crippen LogP contribution is -2.42. The van der Waals surface area contributed by atoms with Crippen molar-refractivity contribution in [3.05, 3.63) is 40.4 Å². The first-order valence-electron chi connectivity index (χ1n) is 5.52. The number of amides is 1. The molecule has 0 unspecified atom stereocenters. The number of aryl methyl sites for hydroxylation is 1. The number of nitrogens with one attached hydrogen (secondary N) is 1. The van der Waals surface area contributed by atoms with Crippen LogP contribution in [0.25, 0.3) is 6.08 Å². The quantitative estimate of drug-likeness (QED) is 0.709. The molecule has 0 aromatic heterocycles. The summed E-state index contributed by atoms with van der Waals surface area (Å²) >= 11 is 5.93. The van der Waals surface area contributed by atoms with E-state index in [0.29, 0.717) is 5.02 Å². The fourth-order valence-corrected chi connectivity index (χ4v) is 1.48. The van der Waals surface area contributed by atoms with Gasteiger partial charge in [0.1, 0.15) is 0 Å². The molecule has 102 valence electrons. The zero-order chi connectivity index (χ0) is 14.4. The van der Waals surface area contributed by atoms with E-state index in [1.807, 2.05) is 13.0 Å². The summed E-state index contributed by atoms with van der Waals surface area (Å²) < 4.78 is 0. The number of carbonyl (C=O) groups is 2. The van der Waals surface area contributed by atoms with Gasteiger partial charge in [0, 0.05) is 11.1 Å². The Bertz CT molecular complexity index is 513. The molecule has 0 spiro atoms. The van der Waals surface area contributed by atoms with Crippen molar-refractivity contribution in [1.29, 1.82) is 0 Å². The molecular formula is C13H14ClNO4. The van der Waals surface area contributed by atoms with Crippen LogP contribution in [0.1, 0.15) is 11.1 Å². The summed E-state index contributed by atoms with van der Waals surface area (Å²) in [5.41, 5.74) is 1.65. The first kappa shape index (κ1) is 15.2. The number of hydrogen-bond donors (Lipinski definition) is 3. The standard InChI is InChI=1S/C13H14ClNO4/c1-8-2-3-9(6-10(8)14)4-5-12(17)15-11(7-16)13(18)19/h2-6,11,16H,7H2,1H3,(H,15,17)(H,18,19)/b5-4+/t11-/m1/s1. The molecule has 6 heteroatoms. The Morgan fingerprint density at radius 2 is 2.16 bits per heavy atom. The average Bonchev–Trinajstić information content (AvgIpc) is 2.37. The largest absolute Gasteiger partial charge is 0.480 e. The van der Waals surface area contributed by atoms with Crippen molar-refractivity contribution in [2.24, 2.45) is 0 Å². The molecule has 1 rings (SSSR count). The number of carbonyl (C=O) groups excluding carboxylic acids is 1. The molecule has 0 saturated heterocycles. The minimum atomic E-state index is -1.31. The Morgan fingerprint density at radius 1 is 1.47 bits per heavy atom. The van der Waals surface area contributed by atoms with Crippen molar-refractivity contribution in [2.45, 2.75) is 13.0 Å². The summed E-state index contributed by atoms with van der Waals surface area (Å²) in [6, 6.07) is 3.99. The number of carboxylic acid groups (broad SMARTS) is 1. The van der Waals surface area contributed by atoms with Crippen molar-refractivity contribution in [1.82, 2.24) is 5.32 Å². The molecule has 19 heavy (non-hydrogen) atoms. The zero-order valence-electron chi connectivity index (χ0n) is 10.3. The number of carboxylic acids is 1. The van der Waals surface area contributed by atoms with Crippen LogP contribution in [-0.2, 0) is 9.59 Å². The smallest absolute Gasteiger partial charge is 0.328 e. The SMILES string of the molecule is Cc1ccc(/C=C/C(=O)N[C@H](CO)C(=O)O)cc1Cl. The van der Waals surface area contributed by atoms with E-state index in [9.17, 15) is 9.59 Å². The fourth-order valence-electron chi connectivity index (χ4n) is 1.29. The Hall–Kier alpha value is -1.85. The number of aliphatic carboxylic acids is 1. The Morgan fingerprint density at radius 3 is 2.68 bits per heavy atom. The summed E-state index contributed by atoms with van der Waals surface area (Å²) in [5.74, 6) is -1.89. The second kappa shape index (κ2) is 6.92. The van der Waals surface area contributed by atoms with Gasteiger partial charge in [-0.2, -0.15) is 0 Å². The van der Waals surface area contributed by atoms with Gasteiger partial charge in [0.2, 0.25) is 5.91 Å². The van der Waals surface area contributed by atoms with Crippen LogP contribution in [0.15, 0.2) is 24.3 Å². The van der Waals surface area contributed by atoms with Crippen LogP contribution in [0, 0.1) is 6.92 Å². The molecule has 0 fully saturated rings. The van der Waals surface area contributed by atoms with Crippen LogP contribution in [0.3, 0.4) is 0 Å². The predicted molar refractivity (Wildman–Crippen MR) is 71.9 cm³/mol. The lowest BCUT2D eigenvalue weighted by molar-refractivity contribution is -0.142. The van der Waals surface area contributed by atoms with E-state index in [0.717, 1.165) is 11.1 Å². The third-order valence-electron chi connectivity index (χ3n) is 2.42. The van der Waals surface area contributed by atoms with Crippen LogP contribution >= 0.6 is 11.6 Å². The number of hydrogen-bond acceptors (Lipinski definition) is 3. The molecule has 1 atom stereocenters. The minimum Gasteiger partial charge on any atom is -0.480 e. The van der Waals surface area contributed by atoms with Gasteiger partial charge in [-0.3, -0.25) is 4.79 Å². The number of rotatable bonds is 5. The number of aliphatic hydroxyl groups is 1. The third-order valence-corrected chi connectivity index (χ3v) is 2.83. The normalized spacial score (nSPS) is 12.4. The van der Waals surface area contributed by atoms with E-state index in [2.05, 4.69) is 5.32 Å². The molecule has 0 saturated carbocycles. The predicted octanol–water partition coefficient (Wildman–Crippen LogP) is 1.22. The number of benzene rings is 1. The molecular weight excluding hydrogens is 270 g/mol. The van der Waals surface area contributed by atoms with Gasteiger partial charge in [-0.05, 0) is 30.2 Å². The summed E-state index contributed by atoms with van der Waals surface area (Å²) in [4.78, 5) is 22.0. The van der Waals surface area contributed by atoms with Crippen LogP contribution in [-0.4, -0.2) is 34.7 Å². The molecule has 3 N–H and O–H groups in total. The lowest BCUT2D eigenvalue weighted by atomic mass is 10.1. The second-order valence-electron chi connectivity index (χ2n) is 3.92. The topological polar surface area (TPSA) is 86.6 Å². The lowest BCUT2D eigenvalue weighted by Gasteiger charge is -2.09. The van der Waals surface area contributed by atoms with E-state index in [1.54, 1.807) is 12.1 Å². The highest BCUT2D eigenvalue weighted by molar-refractivity contribution is 6.31. The highest BCUT2D eigenvalue weighted by Gasteiger charge is 2.16. The van der Waals surface area contributed by atoms with Gasteiger partial charge in [-0.1, -0.05) is 23.7 Å². The van der Waals surface area contributed by atoms with Gasteiger partial charge in [-0.15, -0.1) is 0 Å². The van der Waals surface area contributed by atoms with Gasteiger partial charge < -0.3 is 15.5 Å². The molecule has 5 nitrogen and oxygen atoms in total. The second-order valence-corrected chi connectivity index (χ2v) is 4.33. The van der Waals surface area contributed by atoms with Crippen molar-refractivity contribution in [2.75, 3.05) is 6.61 Å². The highest BCUT2D eigenvalue weighted by atomic mass is 35.5. The van der Waals surface area contributed by atoms with Gasteiger partial charge in [0.25, 0.3) is 0 Å². The molecule has 0 aliphatic heterocycles. The Labute approximate surface area is 115 Å². The van der Waals surface area contributed by atoms with Crippen LogP contribution in [0.5, 0.6) is 0 Å². The van der Waals surface area contributed by atoms with E-state index in [4.69, 9.17) is 21.8 Å². The molecule has 0 bridgehead atoms. The van der Waals surface area contributed by atoms with Crippen molar-refractivity contribution in [3.63, 3.8) is 0 Å². The van der Waals surface area contributed by atoms with Crippen LogP contribution in [0.4, 0.5) is 0 Å². The molecule has 0 aliphatic carbocycles. The van der Waals surface area contributed by atoms with Gasteiger partial charge in [0.05, 0.1) is 6.61 Å². The minimum absolute atomic E-state index is 0.585. The van der Waals surface area contributed by atoms with E-state index in [-0.39, 0.29) is 0 Å². The molecule has 0 heterocycles. The van der Waals surface area contributed by atoms with Crippen LogP contribution in [0.2, 0.25) is 5.02 Å². The van der Waals surface area contributed by atoms with E-state index >= 15 is 0 Å². The highest BCUT2D eigenvalue weighted by Crippen LogP contribution is 2.17. The summed E-state index contributed by atoms with van der Waals surface area (Å²) in [5, 5.41) is 20.2. The van der Waals surface area contributed by atoms with Gasteiger partial charge >= 0.3 is 5.97 Å². The Balaban J connectivity index is 2.68. The van der Waals surface area contributed by atoms with Gasteiger partial charge in [-0.25, -0.2) is 4.79 Å². The van der Waals surface area contributed by atoms with E-state index < -0.39 is 24.5 Å². The number of halogens is 1. The molecule has 0 radical (unpaired) electrons. The summed E-state index contributed by atoms with van der Waals surface area (Å²) in [6.07, 6.45) is 2.70. The maximum Gasteiger partial charge on any atom is 0.328 e. The Kier molecular flexibility index (Phi) is 5.54. The van der Waals surface area contributed by atoms with Gasteiger partial charge in [0.15, 0.2) is 6.04 Å². The first-order valence-corrected chi connectivity index (χ1v) is 5.90. The first-order chi connectivity index (χ1) is 8.93. The van der Waals surface area contributed by atoms with Crippen molar-refractivity contribution >= 4 is 29.6 Å². The maximum absolute atomic E-state index is 11.4. The number of aliphatic hydroxyl groups excluding tert-OH is 1. The molecule has 0 aliphatic rings.